The van der Waals surface area contributed by atoms with Crippen LogP contribution in [-0.4, -0.2) is 166 Å². The molecule has 496 valence electrons. The van der Waals surface area contributed by atoms with Gasteiger partial charge in [0.05, 0.1) is 0 Å². The number of carboxylic acid groups (broad SMARTS) is 3. The van der Waals surface area contributed by atoms with Crippen LogP contribution in [0.3, 0.4) is 0 Å². The molecule has 8 atom stereocenters. The van der Waals surface area contributed by atoms with Crippen molar-refractivity contribution in [1.29, 1.82) is 0 Å². The number of unbranched alkanes of at least 4 members (excludes halogenated alkanes) is 1. The first-order valence-electron chi connectivity index (χ1n) is 28.8. The monoisotopic (exact) mass is 1230 g/mol. The van der Waals surface area contributed by atoms with E-state index in [9.17, 15) is 43.2 Å². The van der Waals surface area contributed by atoms with Crippen molar-refractivity contribution < 1.29 is 72.9 Å². The van der Waals surface area contributed by atoms with Gasteiger partial charge >= 0.3 is 0 Å². The Bertz CT molecular complexity index is 2140. The number of carbonyl (C=O) groups is 12. The molecule has 0 aliphatic carbocycles. The SMILES string of the molecule is CC(=O)N[C@@H](CC(C)C)C(=O)N[C@@H](CC(C)C)C(=O)N[C@@H](CC(C)C)C(=O)N[C@@H](CC(C)C)C(=O)N[C@@H](CCCN=C(N)N)C(=O)N[C@H](C(=O)N[C@@H](CCCCN)C(=O)N[C@@H](CCCN=C(N)N)C(N)=O)C(C)C.CC(=O)O.CC(=O)O.CC(=O)O. The van der Waals surface area contributed by atoms with E-state index in [0.717, 1.165) is 20.8 Å². The molecule has 0 aliphatic heterocycles. The fraction of sp³-hybridized carbons (Fsp3) is 0.745. The zero-order chi connectivity index (χ0) is 67.6. The van der Waals surface area contributed by atoms with Crippen molar-refractivity contribution in [2.75, 3.05) is 19.6 Å². The first-order chi connectivity index (χ1) is 39.7. The lowest BCUT2D eigenvalue weighted by atomic mass is 9.97. The van der Waals surface area contributed by atoms with Crippen molar-refractivity contribution in [3.05, 3.63) is 0 Å². The van der Waals surface area contributed by atoms with E-state index in [-0.39, 0.29) is 93.6 Å². The maximum atomic E-state index is 14.3. The van der Waals surface area contributed by atoms with Gasteiger partial charge in [0.25, 0.3) is 17.9 Å². The minimum absolute atomic E-state index is 0.0140. The Balaban J connectivity index is -0.00000254. The van der Waals surface area contributed by atoms with Gasteiger partial charge in [-0.15, -0.1) is 0 Å². The predicted octanol–water partition coefficient (Wildman–Crippen LogP) is -1.28. The van der Waals surface area contributed by atoms with Gasteiger partial charge in [0.15, 0.2) is 11.9 Å². The van der Waals surface area contributed by atoms with Gasteiger partial charge in [-0.2, -0.15) is 0 Å². The topological polar surface area (TPSA) is 543 Å². The van der Waals surface area contributed by atoms with Crippen LogP contribution in [0.15, 0.2) is 9.98 Å². The number of nitrogens with two attached hydrogens (primary N) is 6. The standard InChI is InChI=1S/C49H94N16O9.3C2H4O2/c1-26(2)22-35(58-31(11)66)43(70)62-37(24-28(5)6)45(72)64-38(25-29(7)8)46(73)63-36(23-27(3)4)44(71)60-34(18-15-21-57-49(54)55)42(69)65-39(30(9)10)47(74)61-33(16-12-13-19-50)41(68)59-32(40(51)67)17-14-20-56-48(52)53;3*1-2(3)4/h26-30,32-39H,12-25,50H2,1-11H3,(H2,51,67)(H,58,66)(H,59,68)(H,60,71)(H,61,74)(H,62,70)(H,63,73)(H,64,72)(H,65,69)(H4,52,53,56)(H4,54,55,57);3*1H3,(H,3,4)/t32-,33-,34-,35-,36-,37-,38-,39-;;;/m0.../s1. The number of amides is 9. The minimum atomic E-state index is -1.29. The highest BCUT2D eigenvalue weighted by Crippen LogP contribution is 2.15. The molecule has 9 amide bonds. The number of hydrogen-bond acceptors (Lipinski definition) is 15. The van der Waals surface area contributed by atoms with Gasteiger partial charge in [-0.25, -0.2) is 0 Å². The maximum absolute atomic E-state index is 14.3. The van der Waals surface area contributed by atoms with Gasteiger partial charge in [0, 0.05) is 40.8 Å². The van der Waals surface area contributed by atoms with Crippen LogP contribution in [-0.2, 0) is 57.5 Å². The van der Waals surface area contributed by atoms with Crippen molar-refractivity contribution in [2.45, 2.75) is 216 Å². The Morgan fingerprint density at radius 1 is 0.360 bits per heavy atom. The summed E-state index contributed by atoms with van der Waals surface area (Å²) in [7, 11) is 0. The van der Waals surface area contributed by atoms with Crippen molar-refractivity contribution in [2.24, 2.45) is 74.0 Å². The molecule has 86 heavy (non-hydrogen) atoms. The van der Waals surface area contributed by atoms with Crippen molar-refractivity contribution in [3.63, 3.8) is 0 Å². The van der Waals surface area contributed by atoms with Crippen LogP contribution in [0.1, 0.15) is 168 Å². The van der Waals surface area contributed by atoms with Gasteiger partial charge < -0.3 is 92.3 Å². The van der Waals surface area contributed by atoms with Crippen molar-refractivity contribution in [1.82, 2.24) is 42.5 Å². The summed E-state index contributed by atoms with van der Waals surface area (Å²) >= 11 is 0. The fourth-order valence-electron chi connectivity index (χ4n) is 7.79. The van der Waals surface area contributed by atoms with Crippen LogP contribution in [0.25, 0.3) is 0 Å². The third-order valence-corrected chi connectivity index (χ3v) is 11.4. The zero-order valence-electron chi connectivity index (χ0n) is 53.0. The molecule has 31 heteroatoms. The second kappa shape index (κ2) is 47.4. The maximum Gasteiger partial charge on any atom is 0.300 e. The molecule has 0 heterocycles. The molecule has 0 aromatic heterocycles. The van der Waals surface area contributed by atoms with E-state index in [2.05, 4.69) is 52.5 Å². The van der Waals surface area contributed by atoms with Gasteiger partial charge in [-0.05, 0) is 107 Å². The first kappa shape index (κ1) is 84.6. The Hall–Kier alpha value is -7.86. The van der Waals surface area contributed by atoms with E-state index in [1.165, 1.54) is 6.92 Å². The van der Waals surface area contributed by atoms with E-state index in [1.54, 1.807) is 13.8 Å². The number of aliphatic carboxylic acids is 3. The summed E-state index contributed by atoms with van der Waals surface area (Å²) in [6.45, 7) is 23.4. The summed E-state index contributed by atoms with van der Waals surface area (Å²) in [5.74, 6) is -9.62. The summed E-state index contributed by atoms with van der Waals surface area (Å²) in [6, 6.07) is -9.12. The molecular formula is C55H106N16O15. The number of guanidine groups is 2. The van der Waals surface area contributed by atoms with Crippen LogP contribution in [0.5, 0.6) is 0 Å². The van der Waals surface area contributed by atoms with E-state index in [1.807, 2.05) is 55.4 Å². The number of carbonyl (C=O) groups excluding carboxylic acids is 9. The Morgan fingerprint density at radius 2 is 0.616 bits per heavy atom. The molecule has 0 aromatic rings. The summed E-state index contributed by atoms with van der Waals surface area (Å²) in [5, 5.41) is 44.1. The first-order valence-corrected chi connectivity index (χ1v) is 28.8. The lowest BCUT2D eigenvalue weighted by Gasteiger charge is -2.30. The number of aliphatic imine (C=N–C) groups is 2. The lowest BCUT2D eigenvalue weighted by Crippen LogP contribution is -2.61. The van der Waals surface area contributed by atoms with E-state index in [4.69, 9.17) is 64.1 Å². The molecule has 0 bridgehead atoms. The van der Waals surface area contributed by atoms with E-state index >= 15 is 0 Å². The molecule has 31 nitrogen and oxygen atoms in total. The molecule has 0 saturated carbocycles. The Kier molecular flexibility index (Phi) is 46.6. The quantitative estimate of drug-likeness (QED) is 0.0196. The highest BCUT2D eigenvalue weighted by Gasteiger charge is 2.36. The number of carboxylic acids is 3. The number of hydrogen-bond donors (Lipinski definition) is 17. The fourth-order valence-corrected chi connectivity index (χ4v) is 7.79. The molecule has 0 radical (unpaired) electrons. The van der Waals surface area contributed by atoms with Gasteiger partial charge in [0.1, 0.15) is 48.3 Å². The second-order valence-electron chi connectivity index (χ2n) is 22.5. The smallest absolute Gasteiger partial charge is 0.300 e. The molecule has 0 rings (SSSR count). The third kappa shape index (κ3) is 47.5. The average molecular weight is 1230 g/mol. The Labute approximate surface area is 506 Å². The molecule has 0 spiro atoms. The molecular weight excluding hydrogens is 1120 g/mol. The second-order valence-corrected chi connectivity index (χ2v) is 22.5. The van der Waals surface area contributed by atoms with Gasteiger partial charge in [-0.3, -0.25) is 67.5 Å². The third-order valence-electron chi connectivity index (χ3n) is 11.4. The highest BCUT2D eigenvalue weighted by atomic mass is 16.4. The highest BCUT2D eigenvalue weighted by molar-refractivity contribution is 5.98. The molecule has 0 aromatic carbocycles. The van der Waals surface area contributed by atoms with Crippen molar-refractivity contribution in [3.8, 4) is 0 Å². The normalized spacial score (nSPS) is 13.4. The zero-order valence-corrected chi connectivity index (χ0v) is 53.0. The lowest BCUT2D eigenvalue weighted by molar-refractivity contribution is -0.136. The number of nitrogens with zero attached hydrogens (tertiary/aromatic N) is 2. The summed E-state index contributed by atoms with van der Waals surface area (Å²) in [5.41, 5.74) is 33.2. The predicted molar refractivity (Wildman–Crippen MR) is 326 cm³/mol. The van der Waals surface area contributed by atoms with E-state index < -0.39 is 125 Å². The molecule has 0 aliphatic rings. The van der Waals surface area contributed by atoms with Crippen LogP contribution in [0.4, 0.5) is 0 Å². The molecule has 23 N–H and O–H groups in total. The van der Waals surface area contributed by atoms with Crippen LogP contribution in [0, 0.1) is 29.6 Å². The molecule has 0 fully saturated rings. The molecule has 0 saturated heterocycles. The number of nitrogens with one attached hydrogen (secondary N) is 8. The van der Waals surface area contributed by atoms with Gasteiger partial charge in [0.2, 0.25) is 53.2 Å². The minimum Gasteiger partial charge on any atom is -0.481 e. The van der Waals surface area contributed by atoms with Crippen LogP contribution < -0.4 is 76.9 Å². The van der Waals surface area contributed by atoms with E-state index in [0.29, 0.717) is 32.2 Å². The largest absolute Gasteiger partial charge is 0.481 e. The Morgan fingerprint density at radius 3 is 0.895 bits per heavy atom. The van der Waals surface area contributed by atoms with Crippen molar-refractivity contribution >= 4 is 83.0 Å². The molecule has 0 unspecified atom stereocenters. The summed E-state index contributed by atoms with van der Waals surface area (Å²) < 4.78 is 0. The summed E-state index contributed by atoms with van der Waals surface area (Å²) in [4.78, 5) is 157. The van der Waals surface area contributed by atoms with Gasteiger partial charge in [-0.1, -0.05) is 69.2 Å². The average Bonchev–Trinajstić information content (AvgIpc) is 2.97. The van der Waals surface area contributed by atoms with Crippen LogP contribution >= 0.6 is 0 Å². The number of rotatable bonds is 37. The van der Waals surface area contributed by atoms with Crippen LogP contribution in [0.2, 0.25) is 0 Å². The summed E-state index contributed by atoms with van der Waals surface area (Å²) in [6.07, 6.45) is 2.52. The number of primary amides is 1.